The number of rotatable bonds is 5. The molecule has 10 heteroatoms. The molecule has 0 spiro atoms. The summed E-state index contributed by atoms with van der Waals surface area (Å²) < 4.78 is 28.5. The Kier molecular flexibility index (Phi) is 14.8. The Morgan fingerprint density at radius 2 is 1.75 bits per heavy atom. The summed E-state index contributed by atoms with van der Waals surface area (Å²) in [4.78, 5) is 33.7. The molecular weight excluding hydrogens is 490 g/mol. The van der Waals surface area contributed by atoms with Crippen LogP contribution in [-0.2, 0) is 14.4 Å². The van der Waals surface area contributed by atoms with Gasteiger partial charge in [0, 0.05) is 49.5 Å². The second-order valence-electron chi connectivity index (χ2n) is 7.49. The van der Waals surface area contributed by atoms with E-state index in [1.165, 1.54) is 18.2 Å². The van der Waals surface area contributed by atoms with E-state index in [-0.39, 0.29) is 22.5 Å². The Bertz CT molecular complexity index is 1050. The minimum absolute atomic E-state index is 0.0368. The van der Waals surface area contributed by atoms with E-state index in [4.69, 9.17) is 21.2 Å². The molecular formula is C26H35ClF2N4O3. The smallest absolute Gasteiger partial charge is 0.157 e. The maximum absolute atomic E-state index is 14.8. The van der Waals surface area contributed by atoms with E-state index in [0.717, 1.165) is 17.5 Å². The molecule has 3 rings (SSSR count). The first-order valence-corrected chi connectivity index (χ1v) is 11.7. The van der Waals surface area contributed by atoms with Crippen LogP contribution in [0.4, 0.5) is 26.0 Å². The van der Waals surface area contributed by atoms with Crippen molar-refractivity contribution in [1.82, 2.24) is 9.88 Å². The number of hydrogen-bond acceptors (Lipinski definition) is 7. The average molecular weight is 525 g/mol. The molecule has 0 radical (unpaired) electrons. The predicted octanol–water partition coefficient (Wildman–Crippen LogP) is 6.13. The van der Waals surface area contributed by atoms with E-state index in [1.807, 2.05) is 46.3 Å². The van der Waals surface area contributed by atoms with Gasteiger partial charge in [-0.3, -0.25) is 4.79 Å². The van der Waals surface area contributed by atoms with Crippen molar-refractivity contribution < 1.29 is 23.2 Å². The third kappa shape index (κ3) is 8.12. The SMILES string of the molecule is C=O.C=O.CC.CNc1ncc(F)cc1Nc1ccc(F)c([C@H]2CC/C(=C(/C)C(C)=O)N(C)C2)c1Cl. The van der Waals surface area contributed by atoms with Gasteiger partial charge in [0.2, 0.25) is 0 Å². The van der Waals surface area contributed by atoms with Gasteiger partial charge in [0.1, 0.15) is 31.0 Å². The molecule has 198 valence electrons. The number of nitrogens with zero attached hydrogens (tertiary/aromatic N) is 2. The fraction of sp³-hybridized carbons (Fsp3) is 0.385. The van der Waals surface area contributed by atoms with E-state index < -0.39 is 5.82 Å². The molecule has 1 atom stereocenters. The summed E-state index contributed by atoms with van der Waals surface area (Å²) in [6, 6.07) is 4.19. The van der Waals surface area contributed by atoms with Gasteiger partial charge in [-0.1, -0.05) is 25.4 Å². The topological polar surface area (TPSA) is 91.4 Å². The van der Waals surface area contributed by atoms with E-state index >= 15 is 0 Å². The first-order valence-electron chi connectivity index (χ1n) is 11.3. The summed E-state index contributed by atoms with van der Waals surface area (Å²) in [6.07, 6.45) is 2.45. The fourth-order valence-electron chi connectivity index (χ4n) is 3.87. The van der Waals surface area contributed by atoms with Gasteiger partial charge in [0.15, 0.2) is 5.78 Å². The number of Topliss-reactive ketones (excluding diaryl/α,β-unsaturated/α-hetero) is 1. The van der Waals surface area contributed by atoms with Crippen LogP contribution in [0.5, 0.6) is 0 Å². The number of carbonyl (C=O) groups excluding carboxylic acids is 3. The third-order valence-electron chi connectivity index (χ3n) is 5.54. The molecule has 2 heterocycles. The molecule has 1 saturated heterocycles. The molecule has 1 aliphatic heterocycles. The number of likely N-dealkylation sites (N-methyl/N-ethyl adjacent to an activating group) is 1. The van der Waals surface area contributed by atoms with Crippen molar-refractivity contribution >= 4 is 48.2 Å². The van der Waals surface area contributed by atoms with Crippen LogP contribution in [0.15, 0.2) is 35.7 Å². The van der Waals surface area contributed by atoms with Crippen LogP contribution < -0.4 is 10.6 Å². The number of benzene rings is 1. The normalized spacial score (nSPS) is 15.6. The lowest BCUT2D eigenvalue weighted by Crippen LogP contribution is -2.31. The molecule has 2 N–H and O–H groups in total. The highest BCUT2D eigenvalue weighted by atomic mass is 35.5. The highest BCUT2D eigenvalue weighted by Crippen LogP contribution is 2.41. The maximum Gasteiger partial charge on any atom is 0.157 e. The highest BCUT2D eigenvalue weighted by molar-refractivity contribution is 6.34. The molecule has 0 amide bonds. The third-order valence-corrected chi connectivity index (χ3v) is 5.95. The summed E-state index contributed by atoms with van der Waals surface area (Å²) in [5.41, 5.74) is 3.01. The summed E-state index contributed by atoms with van der Waals surface area (Å²) >= 11 is 6.61. The fourth-order valence-corrected chi connectivity index (χ4v) is 4.22. The number of halogens is 3. The zero-order chi connectivity index (χ0) is 28.0. The Balaban J connectivity index is 0.00000190. The van der Waals surface area contributed by atoms with Crippen molar-refractivity contribution in [1.29, 1.82) is 0 Å². The molecule has 1 aromatic heterocycles. The van der Waals surface area contributed by atoms with Crippen molar-refractivity contribution in [3.63, 3.8) is 0 Å². The minimum Gasteiger partial charge on any atom is -0.377 e. The van der Waals surface area contributed by atoms with Gasteiger partial charge in [-0.15, -0.1) is 0 Å². The number of likely N-dealkylation sites (tertiary alicyclic amines) is 1. The standard InChI is InChI=1S/C22H25ClF2N4O.C2H6.2CH2O/c1-12(13(2)30)19-8-5-14(11-29(19)4)20-16(25)6-7-17(21(20)23)28-18-9-15(24)10-27-22(18)26-3;3*1-2/h6-7,9-10,14,28H,5,8,11H2,1-4H3,(H,26,27);1-2H3;2*1H2/b19-12+;;;/t14-;;;/m0.../s1. The second-order valence-corrected chi connectivity index (χ2v) is 7.87. The zero-order valence-electron chi connectivity index (χ0n) is 21.7. The molecule has 2 aromatic rings. The lowest BCUT2D eigenvalue weighted by Gasteiger charge is -2.35. The van der Waals surface area contributed by atoms with Crippen LogP contribution in [-0.4, -0.2) is 49.9 Å². The molecule has 7 nitrogen and oxygen atoms in total. The highest BCUT2D eigenvalue weighted by Gasteiger charge is 2.28. The van der Waals surface area contributed by atoms with Crippen LogP contribution in [0, 0.1) is 11.6 Å². The minimum atomic E-state index is -0.496. The largest absolute Gasteiger partial charge is 0.377 e. The first kappa shape index (κ1) is 32.7. The number of allylic oxidation sites excluding steroid dienone is 2. The summed E-state index contributed by atoms with van der Waals surface area (Å²) in [5.74, 6) is -0.531. The van der Waals surface area contributed by atoms with E-state index in [1.54, 1.807) is 14.0 Å². The average Bonchev–Trinajstić information content (AvgIpc) is 2.89. The summed E-state index contributed by atoms with van der Waals surface area (Å²) in [5, 5.41) is 6.21. The van der Waals surface area contributed by atoms with E-state index in [2.05, 4.69) is 15.6 Å². The maximum atomic E-state index is 14.8. The van der Waals surface area contributed by atoms with Crippen molar-refractivity contribution in [2.75, 3.05) is 31.3 Å². The number of nitrogens with one attached hydrogen (secondary N) is 2. The Morgan fingerprint density at radius 1 is 1.14 bits per heavy atom. The Labute approximate surface area is 216 Å². The molecule has 1 fully saturated rings. The number of piperidine rings is 1. The molecule has 1 aliphatic rings. The van der Waals surface area contributed by atoms with Crippen molar-refractivity contribution in [3.05, 3.63) is 57.9 Å². The lowest BCUT2D eigenvalue weighted by molar-refractivity contribution is -0.113. The summed E-state index contributed by atoms with van der Waals surface area (Å²) in [7, 11) is 3.58. The van der Waals surface area contributed by atoms with Crippen molar-refractivity contribution in [2.45, 2.75) is 46.5 Å². The predicted molar refractivity (Wildman–Crippen MR) is 142 cm³/mol. The second kappa shape index (κ2) is 16.4. The number of aromatic nitrogens is 1. The number of hydrogen-bond donors (Lipinski definition) is 2. The van der Waals surface area contributed by atoms with Crippen molar-refractivity contribution in [2.24, 2.45) is 0 Å². The van der Waals surface area contributed by atoms with Gasteiger partial charge < -0.3 is 25.1 Å². The monoisotopic (exact) mass is 524 g/mol. The first-order chi connectivity index (χ1) is 17.2. The van der Waals surface area contributed by atoms with E-state index in [9.17, 15) is 13.6 Å². The number of ketones is 1. The molecule has 0 saturated carbocycles. The van der Waals surface area contributed by atoms with Gasteiger partial charge in [-0.2, -0.15) is 0 Å². The number of carbonyl (C=O) groups is 3. The Hall–Kier alpha value is -3.33. The van der Waals surface area contributed by atoms with Gasteiger partial charge in [0.05, 0.1) is 22.6 Å². The molecule has 0 unspecified atom stereocenters. The van der Waals surface area contributed by atoms with Crippen molar-refractivity contribution in [3.8, 4) is 0 Å². The lowest BCUT2D eigenvalue weighted by atomic mass is 9.87. The quantitative estimate of drug-likeness (QED) is 0.455. The zero-order valence-corrected chi connectivity index (χ0v) is 22.4. The molecule has 0 bridgehead atoms. The van der Waals surface area contributed by atoms with Crippen LogP contribution in [0.1, 0.15) is 52.0 Å². The molecule has 0 aliphatic carbocycles. The van der Waals surface area contributed by atoms with Gasteiger partial charge in [-0.25, -0.2) is 13.8 Å². The summed E-state index contributed by atoms with van der Waals surface area (Å²) in [6.45, 7) is 11.9. The number of anilines is 3. The molecule has 1 aromatic carbocycles. The number of pyridine rings is 1. The Morgan fingerprint density at radius 3 is 2.28 bits per heavy atom. The van der Waals surface area contributed by atoms with Crippen LogP contribution in [0.3, 0.4) is 0 Å². The van der Waals surface area contributed by atoms with E-state index in [0.29, 0.717) is 42.1 Å². The van der Waals surface area contributed by atoms with Gasteiger partial charge in [-0.05, 0) is 38.8 Å². The van der Waals surface area contributed by atoms with Gasteiger partial charge >= 0.3 is 0 Å². The van der Waals surface area contributed by atoms with Crippen LogP contribution in [0.25, 0.3) is 0 Å². The van der Waals surface area contributed by atoms with Crippen LogP contribution >= 0.6 is 11.6 Å². The molecule has 36 heavy (non-hydrogen) atoms. The van der Waals surface area contributed by atoms with Crippen LogP contribution in [0.2, 0.25) is 5.02 Å². The van der Waals surface area contributed by atoms with Gasteiger partial charge in [0.25, 0.3) is 0 Å².